The minimum absolute atomic E-state index is 0. The average Bonchev–Trinajstić information content (AvgIpc) is 1.46. The molecule has 0 spiro atoms. The Hall–Kier alpha value is -0.280. The molecule has 0 aliphatic heterocycles. The van der Waals surface area contributed by atoms with Crippen LogP contribution < -0.4 is 5.73 Å². The van der Waals surface area contributed by atoms with Crippen molar-refractivity contribution in [3.05, 3.63) is 0 Å². The van der Waals surface area contributed by atoms with Gasteiger partial charge < -0.3 is 10.8 Å². The van der Waals surface area contributed by atoms with Gasteiger partial charge in [-0.1, -0.05) is 0 Å². The summed E-state index contributed by atoms with van der Waals surface area (Å²) in [5, 5.41) is 6.89. The van der Waals surface area contributed by atoms with Gasteiger partial charge in [-0.15, -0.1) is 12.4 Å². The van der Waals surface area contributed by atoms with E-state index in [-0.39, 0.29) is 18.9 Å². The Morgan fingerprint density at radius 2 is 1.67 bits per heavy atom. The molecule has 0 saturated carbocycles. The first kappa shape index (κ1) is 17.2. The predicted octanol–water partition coefficient (Wildman–Crippen LogP) is -0.303. The number of hydrogen-bond donors (Lipinski definition) is 2. The molecule has 0 aromatic heterocycles. The molecule has 0 radical (unpaired) electrons. The Bertz CT molecular complexity index is 19.0. The quantitative estimate of drug-likeness (QED) is 0.424. The molecule has 0 aliphatic carbocycles. The van der Waals surface area contributed by atoms with E-state index in [4.69, 9.17) is 9.90 Å². The number of carboxylic acid groups (broad SMARTS) is 1. The minimum atomic E-state index is -0.250. The largest absolute Gasteiger partial charge is 0.483 e. The van der Waals surface area contributed by atoms with Crippen LogP contribution in [-0.2, 0) is 4.79 Å². The van der Waals surface area contributed by atoms with Crippen molar-refractivity contribution in [1.29, 1.82) is 0 Å². The Labute approximate surface area is 42.6 Å². The smallest absolute Gasteiger partial charge is 0.290 e. The van der Waals surface area contributed by atoms with Gasteiger partial charge in [0.25, 0.3) is 6.47 Å². The summed E-state index contributed by atoms with van der Waals surface area (Å²) < 4.78 is 0. The molecule has 0 aromatic carbocycles. The number of nitrogens with two attached hydrogens (primary N) is 1. The van der Waals surface area contributed by atoms with Crippen molar-refractivity contribution in [2.45, 2.75) is 0 Å². The van der Waals surface area contributed by atoms with Crippen LogP contribution in [0.1, 0.15) is 0 Å². The van der Waals surface area contributed by atoms with Crippen molar-refractivity contribution in [1.82, 2.24) is 0 Å². The van der Waals surface area contributed by atoms with E-state index in [1.807, 2.05) is 0 Å². The SMILES string of the molecule is CN.Cl.O=CO. The van der Waals surface area contributed by atoms with E-state index >= 15 is 0 Å². The minimum Gasteiger partial charge on any atom is -0.483 e. The fourth-order valence-corrected chi connectivity index (χ4v) is 0. The molecule has 0 fully saturated rings. The molecule has 0 aromatic rings. The first-order chi connectivity index (χ1) is 2.41. The fraction of sp³-hybridized carbons (Fsp3) is 0.500. The summed E-state index contributed by atoms with van der Waals surface area (Å²) in [6, 6.07) is 0. The number of hydrogen-bond acceptors (Lipinski definition) is 2. The zero-order valence-corrected chi connectivity index (χ0v) is 4.23. The van der Waals surface area contributed by atoms with Gasteiger partial charge in [-0.05, 0) is 7.05 Å². The molecule has 0 saturated heterocycles. The van der Waals surface area contributed by atoms with Crippen molar-refractivity contribution in [2.75, 3.05) is 7.05 Å². The Morgan fingerprint density at radius 3 is 1.67 bits per heavy atom. The lowest BCUT2D eigenvalue weighted by atomic mass is 11.6. The van der Waals surface area contributed by atoms with Crippen LogP contribution in [0.5, 0.6) is 0 Å². The van der Waals surface area contributed by atoms with Gasteiger partial charge in [-0.3, -0.25) is 4.79 Å². The predicted molar refractivity (Wildman–Crippen MR) is 26.1 cm³/mol. The Morgan fingerprint density at radius 1 is 1.67 bits per heavy atom. The molecule has 3 nitrogen and oxygen atoms in total. The molecule has 40 valence electrons. The summed E-state index contributed by atoms with van der Waals surface area (Å²) >= 11 is 0. The van der Waals surface area contributed by atoms with Gasteiger partial charge in [0.15, 0.2) is 0 Å². The van der Waals surface area contributed by atoms with Crippen molar-refractivity contribution in [3.63, 3.8) is 0 Å². The molecule has 4 heteroatoms. The standard InChI is InChI=1S/CH5N.CH2O2.ClH/c1-2;2-1-3;/h2H2,1H3;1H,(H,2,3);1H. The second-order valence-corrected chi connectivity index (χ2v) is 0.105. The van der Waals surface area contributed by atoms with Crippen molar-refractivity contribution >= 4 is 18.9 Å². The van der Waals surface area contributed by atoms with Gasteiger partial charge in [0.2, 0.25) is 0 Å². The normalized spacial score (nSPS) is 3.00. The highest BCUT2D eigenvalue weighted by atomic mass is 35.5. The van der Waals surface area contributed by atoms with Crippen molar-refractivity contribution in [2.24, 2.45) is 5.73 Å². The van der Waals surface area contributed by atoms with E-state index in [9.17, 15) is 0 Å². The van der Waals surface area contributed by atoms with Crippen molar-refractivity contribution < 1.29 is 9.90 Å². The molecule has 6 heavy (non-hydrogen) atoms. The van der Waals surface area contributed by atoms with Gasteiger partial charge in [0.1, 0.15) is 0 Å². The van der Waals surface area contributed by atoms with Gasteiger partial charge in [0, 0.05) is 0 Å². The molecular weight excluding hydrogens is 105 g/mol. The lowest BCUT2D eigenvalue weighted by Crippen LogP contribution is -1.69. The second-order valence-electron chi connectivity index (χ2n) is 0.105. The van der Waals surface area contributed by atoms with Gasteiger partial charge in [0.05, 0.1) is 0 Å². The molecular formula is C2H8ClNO2. The first-order valence-electron chi connectivity index (χ1n) is 1.07. The summed E-state index contributed by atoms with van der Waals surface area (Å²) in [5.74, 6) is 0. The zero-order chi connectivity index (χ0) is 4.71. The molecule has 0 rings (SSSR count). The summed E-state index contributed by atoms with van der Waals surface area (Å²) in [7, 11) is 1.50. The maximum atomic E-state index is 8.36. The topological polar surface area (TPSA) is 63.3 Å². The highest BCUT2D eigenvalue weighted by Gasteiger charge is 1.22. The van der Waals surface area contributed by atoms with Gasteiger partial charge >= 0.3 is 0 Å². The molecule has 3 N–H and O–H groups in total. The van der Waals surface area contributed by atoms with E-state index in [0.29, 0.717) is 0 Å². The van der Waals surface area contributed by atoms with Crippen LogP contribution in [-0.4, -0.2) is 18.6 Å². The van der Waals surface area contributed by atoms with Crippen LogP contribution in [0.4, 0.5) is 0 Å². The highest BCUT2D eigenvalue weighted by Crippen LogP contribution is 0.966. The van der Waals surface area contributed by atoms with E-state index in [1.54, 1.807) is 0 Å². The number of rotatable bonds is 0. The third-order valence-corrected chi connectivity index (χ3v) is 0. The third-order valence-electron chi connectivity index (χ3n) is 0. The van der Waals surface area contributed by atoms with E-state index in [1.165, 1.54) is 7.05 Å². The number of carbonyl (C=O) groups is 1. The molecule has 0 atom stereocenters. The van der Waals surface area contributed by atoms with E-state index in [2.05, 4.69) is 5.73 Å². The zero-order valence-electron chi connectivity index (χ0n) is 3.42. The molecule has 0 heterocycles. The third kappa shape index (κ3) is 351. The van der Waals surface area contributed by atoms with Crippen LogP contribution >= 0.6 is 12.4 Å². The molecule has 0 unspecified atom stereocenters. The monoisotopic (exact) mass is 113 g/mol. The summed E-state index contributed by atoms with van der Waals surface area (Å²) in [5.41, 5.74) is 4.50. The first-order valence-corrected chi connectivity index (χ1v) is 1.07. The summed E-state index contributed by atoms with van der Waals surface area (Å²) in [4.78, 5) is 8.36. The van der Waals surface area contributed by atoms with Crippen molar-refractivity contribution in [3.8, 4) is 0 Å². The van der Waals surface area contributed by atoms with Crippen LogP contribution in [0.25, 0.3) is 0 Å². The Kier molecular flexibility index (Phi) is 362. The maximum Gasteiger partial charge on any atom is 0.290 e. The average molecular weight is 114 g/mol. The van der Waals surface area contributed by atoms with Crippen LogP contribution in [0.2, 0.25) is 0 Å². The van der Waals surface area contributed by atoms with Crippen LogP contribution in [0, 0.1) is 0 Å². The lowest BCUT2D eigenvalue weighted by Gasteiger charge is -1.34. The fourth-order valence-electron chi connectivity index (χ4n) is 0. The van der Waals surface area contributed by atoms with Gasteiger partial charge in [-0.25, -0.2) is 0 Å². The highest BCUT2D eigenvalue weighted by molar-refractivity contribution is 5.85. The Balaban J connectivity index is -0.0000000275. The molecule has 0 amide bonds. The number of halogens is 1. The molecule has 0 aliphatic rings. The van der Waals surface area contributed by atoms with Crippen LogP contribution in [0.3, 0.4) is 0 Å². The lowest BCUT2D eigenvalue weighted by molar-refractivity contribution is -0.122. The van der Waals surface area contributed by atoms with E-state index in [0.717, 1.165) is 0 Å². The summed E-state index contributed by atoms with van der Waals surface area (Å²) in [6.07, 6.45) is 0. The summed E-state index contributed by atoms with van der Waals surface area (Å²) in [6.45, 7) is -0.250. The van der Waals surface area contributed by atoms with Gasteiger partial charge in [-0.2, -0.15) is 0 Å². The van der Waals surface area contributed by atoms with E-state index < -0.39 is 0 Å². The molecule has 0 bridgehead atoms. The van der Waals surface area contributed by atoms with Crippen LogP contribution in [0.15, 0.2) is 0 Å². The maximum absolute atomic E-state index is 8.36. The second kappa shape index (κ2) is 126.